The van der Waals surface area contributed by atoms with E-state index in [1.54, 1.807) is 0 Å². The van der Waals surface area contributed by atoms with E-state index >= 15 is 0 Å². The maximum Gasteiger partial charge on any atom is 0.255 e. The number of rotatable bonds is 15. The summed E-state index contributed by atoms with van der Waals surface area (Å²) in [5.41, 5.74) is 5.17. The van der Waals surface area contributed by atoms with Crippen molar-refractivity contribution in [3.05, 3.63) is 65.9 Å². The van der Waals surface area contributed by atoms with Crippen LogP contribution in [-0.2, 0) is 0 Å². The first kappa shape index (κ1) is 28.0. The number of H-pyrrole nitrogens is 1. The zero-order valence-corrected chi connectivity index (χ0v) is 23.4. The SMILES string of the molecule is CCCCCCCCOc1ccc(C(=O)Nc2ccc3[nH]cc(C4=CCN(CCCCC)CC4)c3c2)cc1. The second kappa shape index (κ2) is 14.8. The molecular formula is C33H45N3O2. The van der Waals surface area contributed by atoms with Gasteiger partial charge in [-0.05, 0) is 73.8 Å². The number of unbranched alkanes of at least 4 members (excludes halogenated alkanes) is 7. The van der Waals surface area contributed by atoms with E-state index in [4.69, 9.17) is 4.74 Å². The highest BCUT2D eigenvalue weighted by Crippen LogP contribution is 2.31. The second-order valence-corrected chi connectivity index (χ2v) is 10.5. The normalized spacial score (nSPS) is 14.0. The van der Waals surface area contributed by atoms with Crippen molar-refractivity contribution in [2.45, 2.75) is 78.1 Å². The Labute approximate surface area is 228 Å². The highest BCUT2D eigenvalue weighted by molar-refractivity contribution is 6.05. The predicted molar refractivity (Wildman–Crippen MR) is 160 cm³/mol. The Bertz CT molecular complexity index is 1180. The van der Waals surface area contributed by atoms with E-state index in [0.29, 0.717) is 5.56 Å². The molecule has 0 spiro atoms. The molecule has 2 heterocycles. The maximum atomic E-state index is 12.9. The summed E-state index contributed by atoms with van der Waals surface area (Å²) >= 11 is 0. The smallest absolute Gasteiger partial charge is 0.255 e. The third-order valence-corrected chi connectivity index (χ3v) is 7.54. The molecule has 4 rings (SSSR count). The highest BCUT2D eigenvalue weighted by Gasteiger charge is 2.16. The number of nitrogens with zero attached hydrogens (tertiary/aromatic N) is 1. The number of carbonyl (C=O) groups excluding carboxylic acids is 1. The third kappa shape index (κ3) is 7.97. The second-order valence-electron chi connectivity index (χ2n) is 10.5. The van der Waals surface area contributed by atoms with Crippen LogP contribution in [0.25, 0.3) is 16.5 Å². The zero-order valence-electron chi connectivity index (χ0n) is 23.4. The molecular weight excluding hydrogens is 470 g/mol. The van der Waals surface area contributed by atoms with E-state index in [-0.39, 0.29) is 5.91 Å². The first-order valence-electron chi connectivity index (χ1n) is 14.7. The maximum absolute atomic E-state index is 12.9. The molecule has 1 amide bonds. The number of amides is 1. The van der Waals surface area contributed by atoms with Gasteiger partial charge in [-0.15, -0.1) is 0 Å². The lowest BCUT2D eigenvalue weighted by atomic mass is 9.98. The average molecular weight is 516 g/mol. The minimum Gasteiger partial charge on any atom is -0.494 e. The van der Waals surface area contributed by atoms with Crippen LogP contribution in [-0.4, -0.2) is 42.0 Å². The number of carbonyl (C=O) groups is 1. The fourth-order valence-corrected chi connectivity index (χ4v) is 5.19. The van der Waals surface area contributed by atoms with Crippen LogP contribution in [0.5, 0.6) is 5.75 Å². The molecule has 0 saturated carbocycles. The van der Waals surface area contributed by atoms with Crippen molar-refractivity contribution in [2.24, 2.45) is 0 Å². The van der Waals surface area contributed by atoms with Gasteiger partial charge < -0.3 is 15.0 Å². The Kier molecular flexibility index (Phi) is 10.9. The molecule has 0 atom stereocenters. The van der Waals surface area contributed by atoms with Crippen LogP contribution < -0.4 is 10.1 Å². The molecule has 38 heavy (non-hydrogen) atoms. The molecule has 5 heteroatoms. The molecule has 1 aliphatic rings. The molecule has 2 N–H and O–H groups in total. The number of fused-ring (bicyclic) bond motifs is 1. The Hall–Kier alpha value is -3.05. The number of nitrogens with one attached hydrogen (secondary N) is 2. The number of hydrogen-bond donors (Lipinski definition) is 2. The predicted octanol–water partition coefficient (Wildman–Crippen LogP) is 8.44. The fourth-order valence-electron chi connectivity index (χ4n) is 5.19. The fraction of sp³-hybridized carbons (Fsp3) is 0.485. The van der Waals surface area contributed by atoms with E-state index in [2.05, 4.69) is 47.4 Å². The summed E-state index contributed by atoms with van der Waals surface area (Å²) in [7, 11) is 0. The quantitative estimate of drug-likeness (QED) is 0.200. The van der Waals surface area contributed by atoms with Crippen LogP contribution in [0.15, 0.2) is 54.7 Å². The van der Waals surface area contributed by atoms with Crippen molar-refractivity contribution in [1.29, 1.82) is 0 Å². The zero-order chi connectivity index (χ0) is 26.6. The highest BCUT2D eigenvalue weighted by atomic mass is 16.5. The van der Waals surface area contributed by atoms with Crippen molar-refractivity contribution in [1.82, 2.24) is 9.88 Å². The van der Waals surface area contributed by atoms with Gasteiger partial charge in [0.15, 0.2) is 0 Å². The largest absolute Gasteiger partial charge is 0.494 e. The molecule has 1 aromatic heterocycles. The van der Waals surface area contributed by atoms with Gasteiger partial charge >= 0.3 is 0 Å². The average Bonchev–Trinajstić information content (AvgIpc) is 3.37. The molecule has 1 aliphatic heterocycles. The topological polar surface area (TPSA) is 57.4 Å². The van der Waals surface area contributed by atoms with E-state index in [0.717, 1.165) is 54.9 Å². The summed E-state index contributed by atoms with van der Waals surface area (Å²) in [5.74, 6) is 0.710. The van der Waals surface area contributed by atoms with E-state index in [9.17, 15) is 4.79 Å². The van der Waals surface area contributed by atoms with Crippen LogP contribution in [0.2, 0.25) is 0 Å². The minimum atomic E-state index is -0.108. The van der Waals surface area contributed by atoms with Crippen LogP contribution in [0, 0.1) is 0 Å². The van der Waals surface area contributed by atoms with Gasteiger partial charge in [0.2, 0.25) is 0 Å². The third-order valence-electron chi connectivity index (χ3n) is 7.54. The molecule has 3 aromatic rings. The summed E-state index contributed by atoms with van der Waals surface area (Å²) < 4.78 is 5.86. The van der Waals surface area contributed by atoms with Crippen LogP contribution >= 0.6 is 0 Å². The molecule has 204 valence electrons. The first-order chi connectivity index (χ1) is 18.7. The Morgan fingerprint density at radius 1 is 0.947 bits per heavy atom. The van der Waals surface area contributed by atoms with Crippen molar-refractivity contribution in [2.75, 3.05) is 31.6 Å². The Morgan fingerprint density at radius 3 is 2.47 bits per heavy atom. The van der Waals surface area contributed by atoms with Gasteiger partial charge in [-0.1, -0.05) is 64.9 Å². The number of benzene rings is 2. The standard InChI is InChI=1S/C33H45N3O2/c1-3-5-7-8-9-11-23-38-29-15-12-27(13-16-29)33(37)35-28-14-17-32-30(24-28)31(25-34-32)26-18-21-36(22-19-26)20-10-6-4-2/h12-18,24-25,34H,3-11,19-23H2,1-2H3,(H,35,37). The molecule has 5 nitrogen and oxygen atoms in total. The summed E-state index contributed by atoms with van der Waals surface area (Å²) in [4.78, 5) is 18.9. The summed E-state index contributed by atoms with van der Waals surface area (Å²) in [6.45, 7) is 8.53. The van der Waals surface area contributed by atoms with Crippen molar-refractivity contribution in [3.63, 3.8) is 0 Å². The van der Waals surface area contributed by atoms with Crippen LogP contribution in [0.1, 0.15) is 94.0 Å². The lowest BCUT2D eigenvalue weighted by molar-refractivity contribution is 0.102. The van der Waals surface area contributed by atoms with Crippen LogP contribution in [0.3, 0.4) is 0 Å². The summed E-state index contributed by atoms with van der Waals surface area (Å²) in [6, 6.07) is 13.6. The molecule has 0 fully saturated rings. The van der Waals surface area contributed by atoms with Gasteiger partial charge in [0.1, 0.15) is 5.75 Å². The van der Waals surface area contributed by atoms with Crippen molar-refractivity contribution < 1.29 is 9.53 Å². The molecule has 0 bridgehead atoms. The minimum absolute atomic E-state index is 0.108. The van der Waals surface area contributed by atoms with Gasteiger partial charge in [0.05, 0.1) is 6.61 Å². The Morgan fingerprint density at radius 2 is 1.71 bits per heavy atom. The van der Waals surface area contributed by atoms with E-state index < -0.39 is 0 Å². The van der Waals surface area contributed by atoms with Crippen LogP contribution in [0.4, 0.5) is 5.69 Å². The Balaban J connectivity index is 1.31. The van der Waals surface area contributed by atoms with Gasteiger partial charge in [0.25, 0.3) is 5.91 Å². The van der Waals surface area contributed by atoms with Gasteiger partial charge in [-0.3, -0.25) is 9.69 Å². The number of hydrogen-bond acceptors (Lipinski definition) is 3. The molecule has 0 aliphatic carbocycles. The lowest BCUT2D eigenvalue weighted by Crippen LogP contribution is -2.29. The lowest BCUT2D eigenvalue weighted by Gasteiger charge is -2.26. The molecule has 0 saturated heterocycles. The van der Waals surface area contributed by atoms with Gasteiger partial charge in [-0.2, -0.15) is 0 Å². The summed E-state index contributed by atoms with van der Waals surface area (Å²) in [5, 5.41) is 4.24. The first-order valence-corrected chi connectivity index (χ1v) is 14.7. The van der Waals surface area contributed by atoms with E-state index in [1.807, 2.05) is 36.4 Å². The van der Waals surface area contributed by atoms with Crippen molar-refractivity contribution >= 4 is 28.1 Å². The number of aromatic nitrogens is 1. The van der Waals surface area contributed by atoms with E-state index in [1.165, 1.54) is 69.0 Å². The molecule has 0 radical (unpaired) electrons. The number of aromatic amines is 1. The number of anilines is 1. The monoisotopic (exact) mass is 515 g/mol. The molecule has 2 aromatic carbocycles. The van der Waals surface area contributed by atoms with Gasteiger partial charge in [0, 0.05) is 47.0 Å². The van der Waals surface area contributed by atoms with Gasteiger partial charge in [-0.25, -0.2) is 0 Å². The molecule has 0 unspecified atom stereocenters. The van der Waals surface area contributed by atoms with Crippen molar-refractivity contribution in [3.8, 4) is 5.75 Å². The summed E-state index contributed by atoms with van der Waals surface area (Å²) in [6.07, 6.45) is 16.9. The number of ether oxygens (including phenoxy) is 1.